The molecule has 126 valence electrons. The summed E-state index contributed by atoms with van der Waals surface area (Å²) >= 11 is 0. The highest BCUT2D eigenvalue weighted by Gasteiger charge is 2.41. The minimum Gasteiger partial charge on any atom is -0.347 e. The first-order valence-electron chi connectivity index (χ1n) is 8.53. The fourth-order valence-electron chi connectivity index (χ4n) is 3.33. The van der Waals surface area contributed by atoms with Gasteiger partial charge in [-0.1, -0.05) is 0 Å². The molecule has 0 aromatic carbocycles. The largest absolute Gasteiger partial charge is 0.347 e. The molecule has 0 N–H and O–H groups in total. The molecule has 0 bridgehead atoms. The van der Waals surface area contributed by atoms with E-state index in [9.17, 15) is 4.79 Å². The number of amides is 1. The molecule has 0 unspecified atom stereocenters. The zero-order valence-corrected chi connectivity index (χ0v) is 14.4. The third kappa shape index (κ3) is 3.80. The molecule has 6 nitrogen and oxygen atoms in total. The number of aromatic nitrogens is 2. The van der Waals surface area contributed by atoms with Gasteiger partial charge in [0.1, 0.15) is 0 Å². The Kier molecular flexibility index (Phi) is 4.80. The number of likely N-dealkylation sites (tertiary alicyclic amines) is 1. The molecule has 0 radical (unpaired) electrons. The van der Waals surface area contributed by atoms with E-state index >= 15 is 0 Å². The lowest BCUT2D eigenvalue weighted by molar-refractivity contribution is -0.136. The highest BCUT2D eigenvalue weighted by molar-refractivity contribution is 5.82. The van der Waals surface area contributed by atoms with Crippen LogP contribution in [0.4, 0.5) is 5.95 Å². The van der Waals surface area contributed by atoms with Gasteiger partial charge in [0.25, 0.3) is 0 Å². The Hall–Kier alpha value is -1.69. The number of anilines is 1. The molecule has 2 heterocycles. The normalized spacial score (nSPS) is 19.6. The van der Waals surface area contributed by atoms with E-state index in [1.54, 1.807) is 0 Å². The van der Waals surface area contributed by atoms with Crippen molar-refractivity contribution in [3.8, 4) is 0 Å². The smallest absolute Gasteiger partial charge is 0.240 e. The van der Waals surface area contributed by atoms with E-state index in [0.29, 0.717) is 18.4 Å². The molecule has 1 aromatic rings. The van der Waals surface area contributed by atoms with Crippen LogP contribution in [0, 0.1) is 5.92 Å². The van der Waals surface area contributed by atoms with Crippen molar-refractivity contribution in [2.24, 2.45) is 5.92 Å². The molecular formula is C17H27N5O. The average Bonchev–Trinajstić information content (AvgIpc) is 3.22. The summed E-state index contributed by atoms with van der Waals surface area (Å²) in [7, 11) is 5.73. The number of likely N-dealkylation sites (N-methyl/N-ethyl adjacent to an activating group) is 1. The maximum absolute atomic E-state index is 12.9. The highest BCUT2D eigenvalue weighted by atomic mass is 16.2. The zero-order valence-electron chi connectivity index (χ0n) is 14.4. The molecule has 1 aliphatic carbocycles. The first-order chi connectivity index (χ1) is 11.1. The van der Waals surface area contributed by atoms with Crippen molar-refractivity contribution in [1.29, 1.82) is 0 Å². The first-order valence-corrected chi connectivity index (χ1v) is 8.53. The van der Waals surface area contributed by atoms with Gasteiger partial charge in [0, 0.05) is 45.6 Å². The number of rotatable bonds is 6. The number of carbonyl (C=O) groups is 1. The molecule has 1 aromatic heterocycles. The maximum atomic E-state index is 12.9. The highest BCUT2D eigenvalue weighted by Crippen LogP contribution is 2.37. The lowest BCUT2D eigenvalue weighted by Gasteiger charge is -2.30. The summed E-state index contributed by atoms with van der Waals surface area (Å²) in [6.07, 6.45) is 8.46. The standard InChI is InChI=1S/C17H27N5O/c1-20(2)17-18-10-13(11-19-17)12-21(3)16(23)15(14-6-7-14)22-8-4-5-9-22/h10-11,14-15H,4-9,12H2,1-3H3/t15-/m1/s1. The molecular weight excluding hydrogens is 290 g/mol. The maximum Gasteiger partial charge on any atom is 0.240 e. The Labute approximate surface area is 138 Å². The monoisotopic (exact) mass is 317 g/mol. The van der Waals surface area contributed by atoms with Gasteiger partial charge < -0.3 is 9.80 Å². The fourth-order valence-corrected chi connectivity index (χ4v) is 3.33. The van der Waals surface area contributed by atoms with Crippen LogP contribution in [0.1, 0.15) is 31.2 Å². The van der Waals surface area contributed by atoms with Gasteiger partial charge in [-0.25, -0.2) is 9.97 Å². The Bertz CT molecular complexity index is 534. The Morgan fingerprint density at radius 3 is 2.35 bits per heavy atom. The predicted octanol–water partition coefficient (Wildman–Crippen LogP) is 1.38. The van der Waals surface area contributed by atoms with Gasteiger partial charge in [0.05, 0.1) is 6.04 Å². The third-order valence-electron chi connectivity index (χ3n) is 4.74. The van der Waals surface area contributed by atoms with Crippen LogP contribution < -0.4 is 4.90 Å². The van der Waals surface area contributed by atoms with Gasteiger partial charge in [-0.3, -0.25) is 9.69 Å². The quantitative estimate of drug-likeness (QED) is 0.793. The van der Waals surface area contributed by atoms with Gasteiger partial charge in [-0.2, -0.15) is 0 Å². The second-order valence-electron chi connectivity index (χ2n) is 7.01. The summed E-state index contributed by atoms with van der Waals surface area (Å²) in [5, 5.41) is 0. The van der Waals surface area contributed by atoms with Crippen LogP contribution >= 0.6 is 0 Å². The van der Waals surface area contributed by atoms with E-state index in [-0.39, 0.29) is 11.9 Å². The van der Waals surface area contributed by atoms with Crippen molar-refractivity contribution in [3.63, 3.8) is 0 Å². The van der Waals surface area contributed by atoms with Gasteiger partial charge >= 0.3 is 0 Å². The number of nitrogens with zero attached hydrogens (tertiary/aromatic N) is 5. The molecule has 1 aliphatic heterocycles. The molecule has 1 saturated carbocycles. The summed E-state index contributed by atoms with van der Waals surface area (Å²) in [6, 6.07) is 0.0875. The van der Waals surface area contributed by atoms with E-state index in [0.717, 1.165) is 18.7 Å². The van der Waals surface area contributed by atoms with Crippen molar-refractivity contribution in [1.82, 2.24) is 19.8 Å². The first kappa shape index (κ1) is 16.2. The van der Waals surface area contributed by atoms with E-state index < -0.39 is 0 Å². The van der Waals surface area contributed by atoms with Gasteiger partial charge in [0.15, 0.2) is 0 Å². The molecule has 2 aliphatic rings. The Balaban J connectivity index is 1.63. The zero-order chi connectivity index (χ0) is 16.4. The van der Waals surface area contributed by atoms with E-state index in [1.165, 1.54) is 25.7 Å². The molecule has 3 rings (SSSR count). The second-order valence-corrected chi connectivity index (χ2v) is 7.01. The molecule has 6 heteroatoms. The lowest BCUT2D eigenvalue weighted by atomic mass is 10.1. The average molecular weight is 317 g/mol. The SMILES string of the molecule is CN(Cc1cnc(N(C)C)nc1)C(=O)[C@@H](C1CC1)N1CCCC1. The minimum atomic E-state index is 0.0875. The Morgan fingerprint density at radius 1 is 1.22 bits per heavy atom. The molecule has 0 spiro atoms. The van der Waals surface area contributed by atoms with Crippen LogP contribution in [0.5, 0.6) is 0 Å². The van der Waals surface area contributed by atoms with Crippen LogP contribution in [-0.4, -0.2) is 65.9 Å². The number of hydrogen-bond acceptors (Lipinski definition) is 5. The van der Waals surface area contributed by atoms with Crippen molar-refractivity contribution in [3.05, 3.63) is 18.0 Å². The van der Waals surface area contributed by atoms with Crippen molar-refractivity contribution >= 4 is 11.9 Å². The molecule has 2 fully saturated rings. The van der Waals surface area contributed by atoms with E-state index in [1.807, 2.05) is 43.3 Å². The van der Waals surface area contributed by atoms with Crippen LogP contribution in [0.3, 0.4) is 0 Å². The Morgan fingerprint density at radius 2 is 1.83 bits per heavy atom. The van der Waals surface area contributed by atoms with E-state index in [4.69, 9.17) is 0 Å². The fraction of sp³-hybridized carbons (Fsp3) is 0.706. The number of hydrogen-bond donors (Lipinski definition) is 0. The molecule has 1 atom stereocenters. The molecule has 23 heavy (non-hydrogen) atoms. The van der Waals surface area contributed by atoms with Crippen LogP contribution in [0.15, 0.2) is 12.4 Å². The van der Waals surface area contributed by atoms with Gasteiger partial charge in [-0.05, 0) is 44.7 Å². The minimum absolute atomic E-state index is 0.0875. The van der Waals surface area contributed by atoms with E-state index in [2.05, 4.69) is 14.9 Å². The summed E-state index contributed by atoms with van der Waals surface area (Å²) in [5.74, 6) is 1.51. The number of carbonyl (C=O) groups excluding carboxylic acids is 1. The van der Waals surface area contributed by atoms with Crippen LogP contribution in [0.2, 0.25) is 0 Å². The van der Waals surface area contributed by atoms with Crippen molar-refractivity contribution in [2.45, 2.75) is 38.3 Å². The summed E-state index contributed by atoms with van der Waals surface area (Å²) in [4.78, 5) is 27.7. The van der Waals surface area contributed by atoms with Crippen LogP contribution in [0.25, 0.3) is 0 Å². The summed E-state index contributed by atoms with van der Waals surface area (Å²) in [6.45, 7) is 2.71. The predicted molar refractivity (Wildman–Crippen MR) is 90.2 cm³/mol. The summed E-state index contributed by atoms with van der Waals surface area (Å²) < 4.78 is 0. The van der Waals surface area contributed by atoms with Gasteiger partial charge in [0.2, 0.25) is 11.9 Å². The van der Waals surface area contributed by atoms with Gasteiger partial charge in [-0.15, -0.1) is 0 Å². The molecule has 1 amide bonds. The van der Waals surface area contributed by atoms with Crippen LogP contribution in [-0.2, 0) is 11.3 Å². The molecule has 1 saturated heterocycles. The third-order valence-corrected chi connectivity index (χ3v) is 4.74. The summed E-state index contributed by atoms with van der Waals surface area (Å²) in [5.41, 5.74) is 0.974. The lowest BCUT2D eigenvalue weighted by Crippen LogP contribution is -2.47. The van der Waals surface area contributed by atoms with Crippen molar-refractivity contribution < 1.29 is 4.79 Å². The topological polar surface area (TPSA) is 52.6 Å². The second kappa shape index (κ2) is 6.83. The van der Waals surface area contributed by atoms with Crippen molar-refractivity contribution in [2.75, 3.05) is 39.1 Å².